The first kappa shape index (κ1) is 16.8. The number of anilines is 1. The SMILES string of the molecule is C=Cc1nc(C)n(C2CCC(CC)CC2)c1NC.CC. The third kappa shape index (κ3) is 3.44. The van der Waals surface area contributed by atoms with Crippen LogP contribution in [0.4, 0.5) is 5.82 Å². The molecule has 0 unspecified atom stereocenters. The Bertz CT molecular complexity index is 412. The Balaban J connectivity index is 0.000000956. The highest BCUT2D eigenvalue weighted by Gasteiger charge is 2.25. The summed E-state index contributed by atoms with van der Waals surface area (Å²) < 4.78 is 2.38. The van der Waals surface area contributed by atoms with E-state index in [0.29, 0.717) is 6.04 Å². The second kappa shape index (κ2) is 8.13. The van der Waals surface area contributed by atoms with E-state index < -0.39 is 0 Å². The third-order valence-corrected chi connectivity index (χ3v) is 4.30. The summed E-state index contributed by atoms with van der Waals surface area (Å²) in [5.74, 6) is 3.17. The van der Waals surface area contributed by atoms with Crippen LogP contribution in [0.25, 0.3) is 6.08 Å². The fourth-order valence-corrected chi connectivity index (χ4v) is 3.22. The topological polar surface area (TPSA) is 29.9 Å². The Hall–Kier alpha value is -1.25. The molecule has 0 bridgehead atoms. The molecule has 1 N–H and O–H groups in total. The van der Waals surface area contributed by atoms with Crippen LogP contribution in [0.15, 0.2) is 6.58 Å². The van der Waals surface area contributed by atoms with Gasteiger partial charge in [-0.15, -0.1) is 0 Å². The van der Waals surface area contributed by atoms with Gasteiger partial charge in [0.25, 0.3) is 0 Å². The van der Waals surface area contributed by atoms with E-state index >= 15 is 0 Å². The number of imidazole rings is 1. The van der Waals surface area contributed by atoms with E-state index in [1.165, 1.54) is 32.1 Å². The smallest absolute Gasteiger partial charge is 0.133 e. The molecule has 1 aliphatic carbocycles. The summed E-state index contributed by atoms with van der Waals surface area (Å²) in [7, 11) is 1.97. The molecule has 0 amide bonds. The molecule has 0 radical (unpaired) electrons. The molecule has 3 nitrogen and oxygen atoms in total. The molecule has 0 aromatic carbocycles. The molecule has 1 aromatic rings. The first-order chi connectivity index (χ1) is 9.71. The van der Waals surface area contributed by atoms with Gasteiger partial charge >= 0.3 is 0 Å². The Morgan fingerprint density at radius 1 is 1.30 bits per heavy atom. The van der Waals surface area contributed by atoms with Gasteiger partial charge in [-0.25, -0.2) is 4.98 Å². The zero-order valence-corrected chi connectivity index (χ0v) is 13.9. The monoisotopic (exact) mass is 277 g/mol. The quantitative estimate of drug-likeness (QED) is 0.835. The van der Waals surface area contributed by atoms with Crippen molar-refractivity contribution in [1.29, 1.82) is 0 Å². The molecule has 3 heteroatoms. The highest BCUT2D eigenvalue weighted by atomic mass is 15.2. The number of nitrogens with zero attached hydrogens (tertiary/aromatic N) is 2. The highest BCUT2D eigenvalue weighted by Crippen LogP contribution is 2.37. The highest BCUT2D eigenvalue weighted by molar-refractivity contribution is 5.59. The van der Waals surface area contributed by atoms with Gasteiger partial charge < -0.3 is 9.88 Å². The fraction of sp³-hybridized carbons (Fsp3) is 0.706. The van der Waals surface area contributed by atoms with Gasteiger partial charge in [0, 0.05) is 13.1 Å². The van der Waals surface area contributed by atoms with Crippen molar-refractivity contribution in [2.75, 3.05) is 12.4 Å². The summed E-state index contributed by atoms with van der Waals surface area (Å²) in [6, 6.07) is 0.608. The first-order valence-electron chi connectivity index (χ1n) is 8.10. The summed E-state index contributed by atoms with van der Waals surface area (Å²) >= 11 is 0. The summed E-state index contributed by atoms with van der Waals surface area (Å²) in [5, 5.41) is 3.29. The average molecular weight is 277 g/mol. The van der Waals surface area contributed by atoms with Gasteiger partial charge in [-0.2, -0.15) is 0 Å². The summed E-state index contributed by atoms with van der Waals surface area (Å²) in [4.78, 5) is 4.60. The molecule has 1 aliphatic rings. The van der Waals surface area contributed by atoms with Crippen LogP contribution < -0.4 is 5.32 Å². The second-order valence-electron chi connectivity index (χ2n) is 5.30. The lowest BCUT2D eigenvalue weighted by Gasteiger charge is -2.30. The summed E-state index contributed by atoms with van der Waals surface area (Å²) in [5.41, 5.74) is 0.979. The van der Waals surface area contributed by atoms with E-state index in [1.807, 2.05) is 27.0 Å². The maximum absolute atomic E-state index is 4.60. The largest absolute Gasteiger partial charge is 0.373 e. The van der Waals surface area contributed by atoms with E-state index in [4.69, 9.17) is 0 Å². The van der Waals surface area contributed by atoms with Gasteiger partial charge in [0.05, 0.1) is 0 Å². The molecule has 1 aromatic heterocycles. The normalized spacial score (nSPS) is 21.9. The van der Waals surface area contributed by atoms with Crippen molar-refractivity contribution >= 4 is 11.9 Å². The van der Waals surface area contributed by atoms with E-state index in [1.54, 1.807) is 0 Å². The number of hydrogen-bond acceptors (Lipinski definition) is 2. The van der Waals surface area contributed by atoms with E-state index in [-0.39, 0.29) is 0 Å². The van der Waals surface area contributed by atoms with Gasteiger partial charge in [-0.1, -0.05) is 33.8 Å². The maximum Gasteiger partial charge on any atom is 0.133 e. The van der Waals surface area contributed by atoms with E-state index in [9.17, 15) is 0 Å². The van der Waals surface area contributed by atoms with Crippen LogP contribution in [0.3, 0.4) is 0 Å². The van der Waals surface area contributed by atoms with Gasteiger partial charge in [0.1, 0.15) is 17.3 Å². The van der Waals surface area contributed by atoms with Crippen LogP contribution in [0.2, 0.25) is 0 Å². The average Bonchev–Trinajstić information content (AvgIpc) is 2.85. The minimum atomic E-state index is 0.608. The standard InChI is InChI=1S/C15H25N3.C2H6/c1-5-12-7-9-13(10-8-12)18-11(3)17-14(6-2)15(18)16-4;1-2/h6,12-13,16H,2,5,7-10H2,1,3-4H3;1-2H3. The lowest BCUT2D eigenvalue weighted by atomic mass is 9.84. The van der Waals surface area contributed by atoms with Crippen molar-refractivity contribution in [3.63, 3.8) is 0 Å². The maximum atomic E-state index is 4.60. The van der Waals surface area contributed by atoms with Crippen LogP contribution in [0, 0.1) is 12.8 Å². The minimum absolute atomic E-state index is 0.608. The number of aromatic nitrogens is 2. The van der Waals surface area contributed by atoms with Crippen LogP contribution in [-0.2, 0) is 0 Å². The number of rotatable bonds is 4. The fourth-order valence-electron chi connectivity index (χ4n) is 3.22. The number of aryl methyl sites for hydroxylation is 1. The number of hydrogen-bond donors (Lipinski definition) is 1. The van der Waals surface area contributed by atoms with Crippen molar-refractivity contribution in [3.8, 4) is 0 Å². The molecule has 0 spiro atoms. The predicted octanol–water partition coefficient (Wildman–Crippen LogP) is 5.04. The van der Waals surface area contributed by atoms with Crippen molar-refractivity contribution in [1.82, 2.24) is 9.55 Å². The van der Waals surface area contributed by atoms with Crippen molar-refractivity contribution < 1.29 is 0 Å². The van der Waals surface area contributed by atoms with Gasteiger partial charge in [-0.3, -0.25) is 0 Å². The Morgan fingerprint density at radius 3 is 2.35 bits per heavy atom. The molecule has 20 heavy (non-hydrogen) atoms. The summed E-state index contributed by atoms with van der Waals surface area (Å²) in [6.07, 6.45) is 8.43. The van der Waals surface area contributed by atoms with Gasteiger partial charge in [0.2, 0.25) is 0 Å². The molecule has 0 aliphatic heterocycles. The molecule has 0 atom stereocenters. The molecule has 0 saturated heterocycles. The van der Waals surface area contributed by atoms with Crippen molar-refractivity contribution in [2.45, 2.75) is 65.8 Å². The van der Waals surface area contributed by atoms with Crippen molar-refractivity contribution in [2.24, 2.45) is 5.92 Å². The van der Waals surface area contributed by atoms with Gasteiger partial charge in [0.15, 0.2) is 0 Å². The van der Waals surface area contributed by atoms with E-state index in [2.05, 4.69) is 35.3 Å². The molecular weight excluding hydrogens is 246 g/mol. The van der Waals surface area contributed by atoms with Gasteiger partial charge in [-0.05, 0) is 44.6 Å². The zero-order chi connectivity index (χ0) is 15.1. The molecule has 1 saturated carbocycles. The molecule has 1 heterocycles. The van der Waals surface area contributed by atoms with E-state index in [0.717, 1.165) is 23.3 Å². The third-order valence-electron chi connectivity index (χ3n) is 4.30. The molecule has 114 valence electrons. The Labute approximate surface area is 124 Å². The Kier molecular flexibility index (Phi) is 6.83. The first-order valence-corrected chi connectivity index (χ1v) is 8.10. The second-order valence-corrected chi connectivity index (χ2v) is 5.30. The van der Waals surface area contributed by atoms with Crippen LogP contribution >= 0.6 is 0 Å². The lowest BCUT2D eigenvalue weighted by Crippen LogP contribution is -2.20. The van der Waals surface area contributed by atoms with Crippen LogP contribution in [-0.4, -0.2) is 16.6 Å². The van der Waals surface area contributed by atoms with Crippen molar-refractivity contribution in [3.05, 3.63) is 18.1 Å². The van der Waals surface area contributed by atoms with Crippen LogP contribution in [0.5, 0.6) is 0 Å². The molecular formula is C17H31N3. The minimum Gasteiger partial charge on any atom is -0.373 e. The summed E-state index contributed by atoms with van der Waals surface area (Å²) in [6.45, 7) is 12.3. The zero-order valence-electron chi connectivity index (χ0n) is 13.9. The molecule has 1 fully saturated rings. The lowest BCUT2D eigenvalue weighted by molar-refractivity contribution is 0.268. The molecule has 2 rings (SSSR count). The predicted molar refractivity (Wildman–Crippen MR) is 89.2 cm³/mol. The number of nitrogens with one attached hydrogen (secondary N) is 1. The van der Waals surface area contributed by atoms with Crippen LogP contribution in [0.1, 0.15) is 70.4 Å². The Morgan fingerprint density at radius 2 is 1.90 bits per heavy atom.